The third-order valence-electron chi connectivity index (χ3n) is 3.73. The second-order valence-corrected chi connectivity index (χ2v) is 5.43. The third-order valence-corrected chi connectivity index (χ3v) is 3.73. The molecule has 0 spiro atoms. The van der Waals surface area contributed by atoms with Crippen LogP contribution in [-0.2, 0) is 11.3 Å². The molecule has 4 rings (SSSR count). The van der Waals surface area contributed by atoms with E-state index in [0.717, 1.165) is 16.9 Å². The van der Waals surface area contributed by atoms with E-state index in [1.54, 1.807) is 24.5 Å². The van der Waals surface area contributed by atoms with Crippen LogP contribution in [0.4, 0.5) is 0 Å². The number of aromatic nitrogens is 3. The van der Waals surface area contributed by atoms with Gasteiger partial charge in [-0.25, -0.2) is 0 Å². The van der Waals surface area contributed by atoms with Crippen LogP contribution < -0.4 is 10.1 Å². The zero-order valence-electron chi connectivity index (χ0n) is 13.2. The van der Waals surface area contributed by atoms with Crippen LogP contribution in [0.5, 0.6) is 5.75 Å². The average Bonchev–Trinajstić information content (AvgIpc) is 3.15. The van der Waals surface area contributed by atoms with Crippen molar-refractivity contribution in [1.29, 1.82) is 0 Å². The van der Waals surface area contributed by atoms with Gasteiger partial charge in [0.25, 0.3) is 5.91 Å². The standard InChI is InChI=1S/C18H14N4O3/c23-18(14-9-13-3-1-2-4-15(13)24-11-14)20-10-16-21-17(22-25-16)12-5-7-19-8-6-12/h1-9H,10-11H2,(H,20,23). The lowest BCUT2D eigenvalue weighted by atomic mass is 10.1. The van der Waals surface area contributed by atoms with E-state index in [4.69, 9.17) is 9.26 Å². The Bertz CT molecular complexity index is 934. The van der Waals surface area contributed by atoms with E-state index in [1.165, 1.54) is 0 Å². The summed E-state index contributed by atoms with van der Waals surface area (Å²) >= 11 is 0. The molecule has 0 radical (unpaired) electrons. The normalized spacial score (nSPS) is 12.7. The minimum absolute atomic E-state index is 0.149. The molecule has 0 bridgehead atoms. The van der Waals surface area contributed by atoms with Gasteiger partial charge in [-0.05, 0) is 24.3 Å². The van der Waals surface area contributed by atoms with Crippen molar-refractivity contribution in [2.75, 3.05) is 6.61 Å². The Kier molecular flexibility index (Phi) is 3.96. The van der Waals surface area contributed by atoms with E-state index >= 15 is 0 Å². The van der Waals surface area contributed by atoms with Crippen molar-refractivity contribution in [3.63, 3.8) is 0 Å². The minimum atomic E-state index is -0.224. The minimum Gasteiger partial charge on any atom is -0.488 e. The summed E-state index contributed by atoms with van der Waals surface area (Å²) in [4.78, 5) is 20.5. The summed E-state index contributed by atoms with van der Waals surface area (Å²) in [6, 6.07) is 11.1. The summed E-state index contributed by atoms with van der Waals surface area (Å²) in [5.41, 5.74) is 2.24. The van der Waals surface area contributed by atoms with Crippen molar-refractivity contribution >= 4 is 12.0 Å². The highest BCUT2D eigenvalue weighted by molar-refractivity contribution is 5.99. The fraction of sp³-hybridized carbons (Fsp3) is 0.111. The van der Waals surface area contributed by atoms with Gasteiger partial charge < -0.3 is 14.6 Å². The summed E-state index contributed by atoms with van der Waals surface area (Å²) in [5, 5.41) is 6.67. The van der Waals surface area contributed by atoms with Gasteiger partial charge in [0.1, 0.15) is 12.4 Å². The molecule has 1 aromatic carbocycles. The van der Waals surface area contributed by atoms with Gasteiger partial charge >= 0.3 is 0 Å². The Morgan fingerprint density at radius 3 is 2.88 bits per heavy atom. The summed E-state index contributed by atoms with van der Waals surface area (Å²) in [7, 11) is 0. The zero-order valence-corrected chi connectivity index (χ0v) is 13.2. The SMILES string of the molecule is O=C(NCc1nc(-c2ccncc2)no1)C1=Cc2ccccc2OC1. The van der Waals surface area contributed by atoms with E-state index in [1.807, 2.05) is 30.3 Å². The van der Waals surface area contributed by atoms with Crippen molar-refractivity contribution < 1.29 is 14.1 Å². The lowest BCUT2D eigenvalue weighted by Gasteiger charge is -2.17. The smallest absolute Gasteiger partial charge is 0.251 e. The Balaban J connectivity index is 1.42. The first kappa shape index (κ1) is 15.1. The van der Waals surface area contributed by atoms with Crippen LogP contribution in [0.2, 0.25) is 0 Å². The number of nitrogens with one attached hydrogen (secondary N) is 1. The third kappa shape index (κ3) is 3.25. The molecule has 7 heteroatoms. The van der Waals surface area contributed by atoms with E-state index in [2.05, 4.69) is 20.4 Å². The molecule has 0 saturated heterocycles. The summed E-state index contributed by atoms with van der Waals surface area (Å²) in [5.74, 6) is 1.34. The van der Waals surface area contributed by atoms with Crippen LogP contribution in [0.3, 0.4) is 0 Å². The first-order chi connectivity index (χ1) is 12.3. The molecule has 0 aliphatic carbocycles. The molecule has 7 nitrogen and oxygen atoms in total. The number of carbonyl (C=O) groups excluding carboxylic acids is 1. The molecule has 0 atom stereocenters. The van der Waals surface area contributed by atoms with E-state index < -0.39 is 0 Å². The van der Waals surface area contributed by atoms with Gasteiger partial charge in [0, 0.05) is 23.5 Å². The fourth-order valence-electron chi connectivity index (χ4n) is 2.46. The molecule has 1 amide bonds. The number of ether oxygens (including phenoxy) is 1. The zero-order chi connectivity index (χ0) is 17.1. The number of carbonyl (C=O) groups is 1. The van der Waals surface area contributed by atoms with Crippen LogP contribution in [0.1, 0.15) is 11.5 Å². The molecule has 1 N–H and O–H groups in total. The summed E-state index contributed by atoms with van der Waals surface area (Å²) < 4.78 is 10.8. The maximum atomic E-state index is 12.3. The second kappa shape index (κ2) is 6.56. The van der Waals surface area contributed by atoms with Crippen molar-refractivity contribution in [2.24, 2.45) is 0 Å². The highest BCUT2D eigenvalue weighted by Gasteiger charge is 2.17. The van der Waals surface area contributed by atoms with Gasteiger partial charge in [-0.3, -0.25) is 9.78 Å². The Hall–Kier alpha value is -3.48. The van der Waals surface area contributed by atoms with Gasteiger partial charge in [0.15, 0.2) is 0 Å². The van der Waals surface area contributed by atoms with E-state index in [-0.39, 0.29) is 19.1 Å². The van der Waals surface area contributed by atoms with Crippen LogP contribution in [0.25, 0.3) is 17.5 Å². The predicted octanol–water partition coefficient (Wildman–Crippen LogP) is 2.22. The van der Waals surface area contributed by atoms with Gasteiger partial charge in [-0.2, -0.15) is 4.98 Å². The quantitative estimate of drug-likeness (QED) is 0.787. The van der Waals surface area contributed by atoms with Crippen molar-refractivity contribution in [3.05, 3.63) is 65.8 Å². The number of nitrogens with zero attached hydrogens (tertiary/aromatic N) is 3. The van der Waals surface area contributed by atoms with Crippen molar-refractivity contribution in [1.82, 2.24) is 20.4 Å². The number of para-hydroxylation sites is 1. The number of hydrogen-bond acceptors (Lipinski definition) is 6. The maximum absolute atomic E-state index is 12.3. The first-order valence-electron chi connectivity index (χ1n) is 7.73. The van der Waals surface area contributed by atoms with Gasteiger partial charge in [-0.1, -0.05) is 23.4 Å². The molecule has 3 aromatic rings. The molecular formula is C18H14N4O3. The molecule has 3 heterocycles. The van der Waals surface area contributed by atoms with Gasteiger partial charge in [-0.15, -0.1) is 0 Å². The number of hydrogen-bond donors (Lipinski definition) is 1. The highest BCUT2D eigenvalue weighted by atomic mass is 16.5. The van der Waals surface area contributed by atoms with Gasteiger partial charge in [0.05, 0.1) is 12.1 Å². The number of rotatable bonds is 4. The number of amides is 1. The molecule has 0 unspecified atom stereocenters. The molecule has 2 aromatic heterocycles. The molecule has 0 saturated carbocycles. The predicted molar refractivity (Wildman–Crippen MR) is 89.3 cm³/mol. The molecular weight excluding hydrogens is 320 g/mol. The van der Waals surface area contributed by atoms with Crippen LogP contribution >= 0.6 is 0 Å². The molecule has 1 aliphatic rings. The summed E-state index contributed by atoms with van der Waals surface area (Å²) in [6.07, 6.45) is 5.13. The number of pyridine rings is 1. The van der Waals surface area contributed by atoms with Crippen molar-refractivity contribution in [2.45, 2.75) is 6.54 Å². The lowest BCUT2D eigenvalue weighted by Crippen LogP contribution is -2.28. The first-order valence-corrected chi connectivity index (χ1v) is 7.73. The van der Waals surface area contributed by atoms with E-state index in [0.29, 0.717) is 17.3 Å². The topological polar surface area (TPSA) is 90.1 Å². The van der Waals surface area contributed by atoms with Crippen molar-refractivity contribution in [3.8, 4) is 17.1 Å². The molecule has 25 heavy (non-hydrogen) atoms. The molecule has 1 aliphatic heterocycles. The Morgan fingerprint density at radius 2 is 2.00 bits per heavy atom. The summed E-state index contributed by atoms with van der Waals surface area (Å²) in [6.45, 7) is 0.380. The van der Waals surface area contributed by atoms with Crippen LogP contribution in [0, 0.1) is 0 Å². The monoisotopic (exact) mass is 334 g/mol. The van der Waals surface area contributed by atoms with Gasteiger partial charge in [0.2, 0.25) is 11.7 Å². The van der Waals surface area contributed by atoms with E-state index in [9.17, 15) is 4.79 Å². The highest BCUT2D eigenvalue weighted by Crippen LogP contribution is 2.25. The number of fused-ring (bicyclic) bond motifs is 1. The molecule has 0 fully saturated rings. The maximum Gasteiger partial charge on any atom is 0.251 e. The fourth-order valence-corrected chi connectivity index (χ4v) is 2.46. The van der Waals surface area contributed by atoms with Crippen LogP contribution in [0.15, 0.2) is 58.9 Å². The lowest BCUT2D eigenvalue weighted by molar-refractivity contribution is -0.118. The number of benzene rings is 1. The second-order valence-electron chi connectivity index (χ2n) is 5.43. The Morgan fingerprint density at radius 1 is 1.16 bits per heavy atom. The average molecular weight is 334 g/mol. The largest absolute Gasteiger partial charge is 0.488 e. The van der Waals surface area contributed by atoms with Crippen LogP contribution in [-0.4, -0.2) is 27.6 Å². The Labute approximate surface area is 143 Å². The molecule has 124 valence electrons.